The Hall–Kier alpha value is -2.40. The zero-order valence-corrected chi connectivity index (χ0v) is 17.5. The fourth-order valence-corrected chi connectivity index (χ4v) is 3.70. The molecule has 0 aliphatic heterocycles. The van der Waals surface area contributed by atoms with Crippen molar-refractivity contribution in [3.63, 3.8) is 0 Å². The maximum Gasteiger partial charge on any atom is 0.242 e. The van der Waals surface area contributed by atoms with Gasteiger partial charge in [-0.05, 0) is 23.4 Å². The molecule has 0 unspecified atom stereocenters. The summed E-state index contributed by atoms with van der Waals surface area (Å²) >= 11 is 1.64. The van der Waals surface area contributed by atoms with Gasteiger partial charge in [-0.15, -0.1) is 17.9 Å². The minimum Gasteiger partial charge on any atom is -0.332 e. The van der Waals surface area contributed by atoms with Crippen LogP contribution in [0.2, 0.25) is 0 Å². The Morgan fingerprint density at radius 3 is 2.43 bits per heavy atom. The van der Waals surface area contributed by atoms with Crippen LogP contribution in [0, 0.1) is 0 Å². The van der Waals surface area contributed by atoms with Crippen LogP contribution in [0.3, 0.4) is 0 Å². The quantitative estimate of drug-likeness (QED) is 0.378. The molecule has 0 saturated carbocycles. The Labute approximate surface area is 172 Å². The molecule has 0 aliphatic carbocycles. The molecule has 28 heavy (non-hydrogen) atoms. The van der Waals surface area contributed by atoms with Crippen molar-refractivity contribution in [1.82, 2.24) is 9.80 Å². The molecule has 4 nitrogen and oxygen atoms in total. The maximum absolute atomic E-state index is 13.1. The van der Waals surface area contributed by atoms with Crippen molar-refractivity contribution in [2.45, 2.75) is 45.7 Å². The van der Waals surface area contributed by atoms with Crippen LogP contribution in [0.15, 0.2) is 60.5 Å². The average molecular weight is 399 g/mol. The Balaban J connectivity index is 2.07. The van der Waals surface area contributed by atoms with E-state index in [1.165, 1.54) is 0 Å². The number of unbranched alkanes of at least 4 members (excludes halogenated alkanes) is 2. The minimum atomic E-state index is -0.0389. The molecule has 150 valence electrons. The predicted octanol–water partition coefficient (Wildman–Crippen LogP) is 4.87. The summed E-state index contributed by atoms with van der Waals surface area (Å²) < 4.78 is 0. The summed E-state index contributed by atoms with van der Waals surface area (Å²) in [6.07, 6.45) is 5.13. The van der Waals surface area contributed by atoms with Gasteiger partial charge in [0.15, 0.2) is 0 Å². The highest BCUT2D eigenvalue weighted by Gasteiger charge is 2.21. The summed E-state index contributed by atoms with van der Waals surface area (Å²) in [6.45, 7) is 7.43. The van der Waals surface area contributed by atoms with Gasteiger partial charge in [-0.1, -0.05) is 62.2 Å². The third kappa shape index (κ3) is 7.31. The third-order valence-electron chi connectivity index (χ3n) is 4.52. The molecule has 0 radical (unpaired) electrons. The van der Waals surface area contributed by atoms with E-state index >= 15 is 0 Å². The van der Waals surface area contributed by atoms with Crippen LogP contribution < -0.4 is 0 Å². The van der Waals surface area contributed by atoms with Crippen molar-refractivity contribution in [3.05, 3.63) is 70.9 Å². The van der Waals surface area contributed by atoms with Crippen molar-refractivity contribution in [2.24, 2.45) is 0 Å². The fourth-order valence-electron chi connectivity index (χ4n) is 2.98. The Morgan fingerprint density at radius 1 is 1.00 bits per heavy atom. The van der Waals surface area contributed by atoms with Crippen LogP contribution >= 0.6 is 11.3 Å². The summed E-state index contributed by atoms with van der Waals surface area (Å²) in [7, 11) is 0. The first kappa shape index (κ1) is 21.9. The minimum absolute atomic E-state index is 0.0254. The molecule has 5 heteroatoms. The van der Waals surface area contributed by atoms with Crippen LogP contribution in [0.25, 0.3) is 0 Å². The van der Waals surface area contributed by atoms with Gasteiger partial charge in [0.2, 0.25) is 11.8 Å². The highest BCUT2D eigenvalue weighted by Crippen LogP contribution is 2.15. The van der Waals surface area contributed by atoms with Crippen molar-refractivity contribution < 1.29 is 9.59 Å². The van der Waals surface area contributed by atoms with Crippen molar-refractivity contribution >= 4 is 23.2 Å². The van der Waals surface area contributed by atoms with E-state index in [0.29, 0.717) is 26.1 Å². The van der Waals surface area contributed by atoms with E-state index in [0.717, 1.165) is 29.7 Å². The van der Waals surface area contributed by atoms with E-state index in [2.05, 4.69) is 13.5 Å². The topological polar surface area (TPSA) is 40.6 Å². The van der Waals surface area contributed by atoms with E-state index in [9.17, 15) is 9.59 Å². The molecule has 1 aromatic heterocycles. The second-order valence-corrected chi connectivity index (χ2v) is 7.87. The molecular weight excluding hydrogens is 368 g/mol. The second-order valence-electron chi connectivity index (χ2n) is 6.83. The van der Waals surface area contributed by atoms with E-state index in [-0.39, 0.29) is 18.4 Å². The number of benzene rings is 1. The third-order valence-corrected chi connectivity index (χ3v) is 5.38. The Bertz CT molecular complexity index is 728. The Kier molecular flexibility index (Phi) is 9.49. The number of carbonyl (C=O) groups is 2. The van der Waals surface area contributed by atoms with E-state index in [1.807, 2.05) is 52.7 Å². The van der Waals surface area contributed by atoms with Gasteiger partial charge < -0.3 is 9.80 Å². The number of thiophene rings is 1. The molecule has 0 aliphatic rings. The number of hydrogen-bond donors (Lipinski definition) is 0. The second kappa shape index (κ2) is 12.1. The summed E-state index contributed by atoms with van der Waals surface area (Å²) in [5.74, 6) is -0.0135. The average Bonchev–Trinajstić information content (AvgIpc) is 3.21. The summed E-state index contributed by atoms with van der Waals surface area (Å²) in [6, 6.07) is 14.0. The normalized spacial score (nSPS) is 10.5. The monoisotopic (exact) mass is 398 g/mol. The van der Waals surface area contributed by atoms with Crippen LogP contribution in [0.4, 0.5) is 0 Å². The smallest absolute Gasteiger partial charge is 0.242 e. The van der Waals surface area contributed by atoms with Gasteiger partial charge in [0.25, 0.3) is 0 Å². The number of rotatable bonds is 12. The van der Waals surface area contributed by atoms with Gasteiger partial charge in [-0.3, -0.25) is 9.59 Å². The lowest BCUT2D eigenvalue weighted by molar-refractivity contribution is -0.140. The van der Waals surface area contributed by atoms with E-state index in [4.69, 9.17) is 0 Å². The Morgan fingerprint density at radius 2 is 1.79 bits per heavy atom. The number of nitrogens with zero attached hydrogens (tertiary/aromatic N) is 2. The highest BCUT2D eigenvalue weighted by atomic mass is 32.1. The molecule has 2 rings (SSSR count). The van der Waals surface area contributed by atoms with Gasteiger partial charge in [0.1, 0.15) is 6.54 Å². The maximum atomic E-state index is 13.1. The fraction of sp³-hybridized carbons (Fsp3) is 0.391. The van der Waals surface area contributed by atoms with Crippen molar-refractivity contribution in [1.29, 1.82) is 0 Å². The molecule has 2 amide bonds. The van der Waals surface area contributed by atoms with Crippen molar-refractivity contribution in [2.75, 3.05) is 13.1 Å². The van der Waals surface area contributed by atoms with Gasteiger partial charge in [0, 0.05) is 24.4 Å². The van der Waals surface area contributed by atoms with Gasteiger partial charge in [-0.25, -0.2) is 0 Å². The molecule has 0 N–H and O–H groups in total. The summed E-state index contributed by atoms with van der Waals surface area (Å²) in [4.78, 5) is 30.2. The number of carbonyl (C=O) groups excluding carboxylic acids is 2. The van der Waals surface area contributed by atoms with Crippen LogP contribution in [0.1, 0.15) is 43.0 Å². The molecule has 1 aromatic carbocycles. The van der Waals surface area contributed by atoms with Crippen LogP contribution in [0.5, 0.6) is 0 Å². The van der Waals surface area contributed by atoms with Crippen LogP contribution in [-0.2, 0) is 22.7 Å². The summed E-state index contributed by atoms with van der Waals surface area (Å²) in [5, 5.41) is 2.02. The zero-order valence-electron chi connectivity index (χ0n) is 16.7. The lowest BCUT2D eigenvalue weighted by Crippen LogP contribution is -2.42. The molecule has 1 heterocycles. The molecular formula is C23H30N2O2S. The van der Waals surface area contributed by atoms with E-state index < -0.39 is 0 Å². The van der Waals surface area contributed by atoms with Crippen LogP contribution in [-0.4, -0.2) is 34.7 Å². The molecule has 0 spiro atoms. The molecule has 0 fully saturated rings. The first-order valence-electron chi connectivity index (χ1n) is 9.86. The predicted molar refractivity (Wildman–Crippen MR) is 116 cm³/mol. The first-order valence-corrected chi connectivity index (χ1v) is 10.7. The highest BCUT2D eigenvalue weighted by molar-refractivity contribution is 7.09. The standard InChI is InChI=1S/C23H30N2O2S/c1-3-5-7-14-22(26)24(15-4-2)19-23(27)25(18-21-13-10-16-28-21)17-20-11-8-6-9-12-20/h4,6,8-13,16H,2-3,5,7,14-15,17-19H2,1H3. The molecule has 0 saturated heterocycles. The molecule has 0 bridgehead atoms. The number of hydrogen-bond acceptors (Lipinski definition) is 3. The zero-order chi connectivity index (χ0) is 20.2. The summed E-state index contributed by atoms with van der Waals surface area (Å²) in [5.41, 5.74) is 1.08. The van der Waals surface area contributed by atoms with Gasteiger partial charge >= 0.3 is 0 Å². The lowest BCUT2D eigenvalue weighted by atomic mass is 10.2. The van der Waals surface area contributed by atoms with E-state index in [1.54, 1.807) is 22.3 Å². The largest absolute Gasteiger partial charge is 0.332 e. The molecule has 2 aromatic rings. The SMILES string of the molecule is C=CCN(CC(=O)N(Cc1ccccc1)Cc1cccs1)C(=O)CCCCC. The number of amides is 2. The van der Waals surface area contributed by atoms with Gasteiger partial charge in [0.05, 0.1) is 6.54 Å². The lowest BCUT2D eigenvalue weighted by Gasteiger charge is -2.27. The van der Waals surface area contributed by atoms with Crippen molar-refractivity contribution in [3.8, 4) is 0 Å². The first-order chi connectivity index (χ1) is 13.6. The molecule has 0 atom stereocenters. The van der Waals surface area contributed by atoms with Gasteiger partial charge in [-0.2, -0.15) is 0 Å².